The van der Waals surface area contributed by atoms with Crippen molar-refractivity contribution in [3.8, 4) is 0 Å². The van der Waals surface area contributed by atoms with Crippen LogP contribution in [0.25, 0.3) is 0 Å². The van der Waals surface area contributed by atoms with E-state index >= 15 is 0 Å². The average Bonchev–Trinajstić information content (AvgIpc) is 2.53. The molecule has 1 aliphatic heterocycles. The van der Waals surface area contributed by atoms with Gasteiger partial charge < -0.3 is 0 Å². The molecule has 17 heavy (non-hydrogen) atoms. The van der Waals surface area contributed by atoms with Crippen LogP contribution in [0.2, 0.25) is 5.02 Å². The van der Waals surface area contributed by atoms with Gasteiger partial charge in [-0.05, 0) is 31.5 Å². The molecule has 2 nitrogen and oxygen atoms in total. The van der Waals surface area contributed by atoms with Crippen molar-refractivity contribution in [1.29, 1.82) is 0 Å². The zero-order valence-corrected chi connectivity index (χ0v) is 11.3. The van der Waals surface area contributed by atoms with Crippen LogP contribution in [0, 0.1) is 12.7 Å². The van der Waals surface area contributed by atoms with Crippen LogP contribution in [0.5, 0.6) is 0 Å². The van der Waals surface area contributed by atoms with Gasteiger partial charge in [0.05, 0.1) is 12.3 Å². The molecule has 2 unspecified atom stereocenters. The molecule has 1 heterocycles. The lowest BCUT2D eigenvalue weighted by atomic mass is 9.91. The summed E-state index contributed by atoms with van der Waals surface area (Å²) in [7, 11) is 1.81. The van der Waals surface area contributed by atoms with Crippen LogP contribution in [-0.4, -0.2) is 24.3 Å². The Bertz CT molecular complexity index is 490. The molecule has 1 aliphatic rings. The van der Waals surface area contributed by atoms with E-state index in [-0.39, 0.29) is 6.04 Å². The maximum absolute atomic E-state index is 14.0. The molecular formula is C12H13Cl2FN2. The number of hydrogen-bond acceptors (Lipinski definition) is 2. The maximum Gasteiger partial charge on any atom is 0.131 e. The number of halogens is 3. The Morgan fingerprint density at radius 2 is 2.12 bits per heavy atom. The van der Waals surface area contributed by atoms with Gasteiger partial charge in [0, 0.05) is 17.6 Å². The normalized spacial score (nSPS) is 27.9. The number of nitrogens with zero attached hydrogens (tertiary/aromatic N) is 2. The second-order valence-corrected chi connectivity index (χ2v) is 5.38. The monoisotopic (exact) mass is 274 g/mol. The summed E-state index contributed by atoms with van der Waals surface area (Å²) in [5.41, 5.74) is 1.22. The van der Waals surface area contributed by atoms with Gasteiger partial charge in [0.25, 0.3) is 0 Å². The molecule has 0 saturated heterocycles. The first-order valence-corrected chi connectivity index (χ1v) is 6.05. The zero-order valence-electron chi connectivity index (χ0n) is 9.84. The quantitative estimate of drug-likeness (QED) is 0.716. The Morgan fingerprint density at radius 1 is 1.47 bits per heavy atom. The lowest BCUT2D eigenvalue weighted by Gasteiger charge is -2.28. The number of rotatable bonds is 1. The van der Waals surface area contributed by atoms with Gasteiger partial charge >= 0.3 is 0 Å². The molecule has 0 fully saturated rings. The van der Waals surface area contributed by atoms with Gasteiger partial charge in [0.15, 0.2) is 0 Å². The highest BCUT2D eigenvalue weighted by Gasteiger charge is 2.43. The molecule has 0 N–H and O–H groups in total. The number of benzene rings is 1. The zero-order chi connectivity index (χ0) is 12.8. The van der Waals surface area contributed by atoms with Crippen molar-refractivity contribution in [2.75, 3.05) is 7.05 Å². The van der Waals surface area contributed by atoms with Crippen LogP contribution < -0.4 is 0 Å². The SMILES string of the molecule is Cc1cc(C2(Cl)C=NN(C)C2C)c(F)cc1Cl. The Hall–Kier alpha value is -0.800. The van der Waals surface area contributed by atoms with Crippen molar-refractivity contribution in [3.05, 3.63) is 34.1 Å². The lowest BCUT2D eigenvalue weighted by molar-refractivity contribution is 0.274. The molecule has 2 rings (SSSR count). The molecule has 0 spiro atoms. The van der Waals surface area contributed by atoms with Gasteiger partial charge in [-0.2, -0.15) is 5.10 Å². The summed E-state index contributed by atoms with van der Waals surface area (Å²) >= 11 is 12.4. The highest BCUT2D eigenvalue weighted by Crippen LogP contribution is 2.39. The average molecular weight is 275 g/mol. The number of hydrazone groups is 1. The number of likely N-dealkylation sites (N-methyl/N-ethyl adjacent to an activating group) is 1. The van der Waals surface area contributed by atoms with Crippen LogP contribution in [0.3, 0.4) is 0 Å². The van der Waals surface area contributed by atoms with Gasteiger partial charge in [0.1, 0.15) is 10.7 Å². The number of alkyl halides is 1. The third kappa shape index (κ3) is 1.91. The van der Waals surface area contributed by atoms with Crippen molar-refractivity contribution in [3.63, 3.8) is 0 Å². The minimum Gasteiger partial charge on any atom is -0.295 e. The van der Waals surface area contributed by atoms with Crippen LogP contribution in [-0.2, 0) is 4.87 Å². The Balaban J connectivity index is 2.55. The first-order chi connectivity index (χ1) is 7.86. The molecule has 1 aromatic rings. The predicted molar refractivity (Wildman–Crippen MR) is 69.4 cm³/mol. The smallest absolute Gasteiger partial charge is 0.131 e. The van der Waals surface area contributed by atoms with Crippen molar-refractivity contribution in [2.45, 2.75) is 24.8 Å². The highest BCUT2D eigenvalue weighted by atomic mass is 35.5. The van der Waals surface area contributed by atoms with E-state index in [1.165, 1.54) is 6.07 Å². The summed E-state index contributed by atoms with van der Waals surface area (Å²) < 4.78 is 14.0. The van der Waals surface area contributed by atoms with Crippen LogP contribution in [0.1, 0.15) is 18.1 Å². The number of hydrogen-bond donors (Lipinski definition) is 0. The summed E-state index contributed by atoms with van der Waals surface area (Å²) in [6.45, 7) is 3.73. The van der Waals surface area contributed by atoms with Gasteiger partial charge in [0.2, 0.25) is 0 Å². The van der Waals surface area contributed by atoms with Crippen molar-refractivity contribution in [1.82, 2.24) is 5.01 Å². The molecule has 0 bridgehead atoms. The third-order valence-corrected chi connectivity index (χ3v) is 4.28. The van der Waals surface area contributed by atoms with Crippen LogP contribution in [0.15, 0.2) is 17.2 Å². The predicted octanol–water partition coefficient (Wildman–Crippen LogP) is 3.54. The summed E-state index contributed by atoms with van der Waals surface area (Å²) in [4.78, 5) is -0.936. The van der Waals surface area contributed by atoms with Crippen molar-refractivity contribution >= 4 is 29.4 Å². The van der Waals surface area contributed by atoms with Crippen LogP contribution in [0.4, 0.5) is 4.39 Å². The largest absolute Gasteiger partial charge is 0.295 e. The summed E-state index contributed by atoms with van der Waals surface area (Å²) in [6.07, 6.45) is 1.57. The Labute approximate surface area is 110 Å². The van der Waals surface area contributed by atoms with E-state index in [9.17, 15) is 4.39 Å². The molecule has 92 valence electrons. The van der Waals surface area contributed by atoms with E-state index < -0.39 is 10.7 Å². The Kier molecular flexibility index (Phi) is 3.08. The molecule has 0 aliphatic carbocycles. The summed E-state index contributed by atoms with van der Waals surface area (Å²) in [6, 6.07) is 2.88. The molecule has 0 radical (unpaired) electrons. The van der Waals surface area contributed by atoms with Gasteiger partial charge in [-0.1, -0.05) is 11.6 Å². The molecule has 1 aromatic carbocycles. The first kappa shape index (κ1) is 12.7. The van der Waals surface area contributed by atoms with Crippen molar-refractivity contribution in [2.24, 2.45) is 5.10 Å². The second-order valence-electron chi connectivity index (χ2n) is 4.34. The molecule has 0 amide bonds. The second kappa shape index (κ2) is 4.14. The van der Waals surface area contributed by atoms with E-state index in [4.69, 9.17) is 23.2 Å². The Morgan fingerprint density at radius 3 is 2.65 bits per heavy atom. The van der Waals surface area contributed by atoms with Gasteiger partial charge in [-0.25, -0.2) is 4.39 Å². The van der Waals surface area contributed by atoms with Gasteiger partial charge in [-0.15, -0.1) is 11.6 Å². The standard InChI is InChI=1S/C12H13Cl2FN2/c1-7-4-9(11(15)5-10(7)13)12(14)6-16-17(3)8(12)2/h4-6,8H,1-3H3. The molecule has 0 saturated carbocycles. The topological polar surface area (TPSA) is 15.6 Å². The fraction of sp³-hybridized carbons (Fsp3) is 0.417. The molecule has 2 atom stereocenters. The van der Waals surface area contributed by atoms with E-state index in [1.54, 1.807) is 17.3 Å². The number of aryl methyl sites for hydroxylation is 1. The molecule has 5 heteroatoms. The fourth-order valence-corrected chi connectivity index (χ4v) is 2.38. The summed E-state index contributed by atoms with van der Waals surface area (Å²) in [5, 5.41) is 6.24. The van der Waals surface area contributed by atoms with Gasteiger partial charge in [-0.3, -0.25) is 5.01 Å². The maximum atomic E-state index is 14.0. The first-order valence-electron chi connectivity index (χ1n) is 5.29. The minimum atomic E-state index is -0.936. The highest BCUT2D eigenvalue weighted by molar-refractivity contribution is 6.33. The van der Waals surface area contributed by atoms with Crippen LogP contribution >= 0.6 is 23.2 Å². The minimum absolute atomic E-state index is 0.112. The van der Waals surface area contributed by atoms with E-state index in [0.29, 0.717) is 10.6 Å². The lowest BCUT2D eigenvalue weighted by Crippen LogP contribution is -2.37. The third-order valence-electron chi connectivity index (χ3n) is 3.26. The van der Waals surface area contributed by atoms with Crippen molar-refractivity contribution < 1.29 is 4.39 Å². The van der Waals surface area contributed by atoms with E-state index in [2.05, 4.69) is 5.10 Å². The van der Waals surface area contributed by atoms with E-state index in [1.807, 2.05) is 20.9 Å². The molecular weight excluding hydrogens is 262 g/mol. The molecule has 0 aromatic heterocycles. The summed E-state index contributed by atoms with van der Waals surface area (Å²) in [5.74, 6) is -0.399. The fourth-order valence-electron chi connectivity index (χ4n) is 1.90. The van der Waals surface area contributed by atoms with E-state index in [0.717, 1.165) is 5.56 Å².